The molecular formula is C17H28N4. The van der Waals surface area contributed by atoms with Gasteiger partial charge in [-0.05, 0) is 57.3 Å². The number of piperidine rings is 2. The van der Waals surface area contributed by atoms with Crippen molar-refractivity contribution in [3.05, 3.63) is 24.0 Å². The third-order valence-corrected chi connectivity index (χ3v) is 5.30. The van der Waals surface area contributed by atoms with Gasteiger partial charge in [-0.3, -0.25) is 4.98 Å². The van der Waals surface area contributed by atoms with E-state index in [2.05, 4.69) is 40.9 Å². The topological polar surface area (TPSA) is 45.4 Å². The van der Waals surface area contributed by atoms with Crippen molar-refractivity contribution >= 4 is 5.69 Å². The summed E-state index contributed by atoms with van der Waals surface area (Å²) in [4.78, 5) is 9.64. The van der Waals surface area contributed by atoms with Crippen molar-refractivity contribution < 1.29 is 0 Å². The molecule has 3 heterocycles. The summed E-state index contributed by atoms with van der Waals surface area (Å²) in [5, 5.41) is 0. The van der Waals surface area contributed by atoms with Gasteiger partial charge in [0.05, 0.1) is 17.6 Å². The fraction of sp³-hybridized carbons (Fsp3) is 0.706. The third kappa shape index (κ3) is 3.06. The van der Waals surface area contributed by atoms with Crippen LogP contribution < -0.4 is 10.6 Å². The first kappa shape index (κ1) is 14.8. The summed E-state index contributed by atoms with van der Waals surface area (Å²) in [5.41, 5.74) is 8.31. The van der Waals surface area contributed by atoms with E-state index in [1.165, 1.54) is 38.0 Å². The molecule has 2 aliphatic rings. The molecule has 21 heavy (non-hydrogen) atoms. The third-order valence-electron chi connectivity index (χ3n) is 5.30. The number of hydrogen-bond acceptors (Lipinski definition) is 4. The number of aromatic nitrogens is 1. The highest BCUT2D eigenvalue weighted by atomic mass is 15.2. The molecule has 4 nitrogen and oxygen atoms in total. The minimum absolute atomic E-state index is 0.0665. The monoisotopic (exact) mass is 288 g/mol. The Hall–Kier alpha value is -1.13. The van der Waals surface area contributed by atoms with E-state index in [9.17, 15) is 0 Å². The number of nitrogens with zero attached hydrogens (tertiary/aromatic N) is 3. The maximum atomic E-state index is 6.04. The van der Waals surface area contributed by atoms with E-state index in [4.69, 9.17) is 5.73 Å². The van der Waals surface area contributed by atoms with Gasteiger partial charge in [0.25, 0.3) is 0 Å². The fourth-order valence-electron chi connectivity index (χ4n) is 3.90. The van der Waals surface area contributed by atoms with Gasteiger partial charge in [0.2, 0.25) is 0 Å². The first-order valence-electron chi connectivity index (χ1n) is 8.35. The number of likely N-dealkylation sites (tertiary alicyclic amines) is 1. The molecule has 1 aromatic heterocycles. The highest BCUT2D eigenvalue weighted by Crippen LogP contribution is 2.31. The molecule has 2 unspecified atom stereocenters. The highest BCUT2D eigenvalue weighted by molar-refractivity contribution is 5.45. The lowest BCUT2D eigenvalue weighted by Crippen LogP contribution is -2.52. The quantitative estimate of drug-likeness (QED) is 0.928. The number of nitrogens with two attached hydrogens (primary N) is 1. The SMILES string of the molecule is CC[C@@H](N)c1ccc(N2CCC3C(CCCN3C)C2)cn1. The molecule has 2 fully saturated rings. The predicted molar refractivity (Wildman–Crippen MR) is 87.4 cm³/mol. The number of hydrogen-bond donors (Lipinski definition) is 1. The van der Waals surface area contributed by atoms with Crippen molar-refractivity contribution in [2.24, 2.45) is 11.7 Å². The van der Waals surface area contributed by atoms with Crippen LogP contribution >= 0.6 is 0 Å². The molecule has 3 rings (SSSR count). The summed E-state index contributed by atoms with van der Waals surface area (Å²) < 4.78 is 0. The number of pyridine rings is 1. The number of anilines is 1. The van der Waals surface area contributed by atoms with E-state index in [-0.39, 0.29) is 6.04 Å². The Bertz CT molecular complexity index is 458. The van der Waals surface area contributed by atoms with Crippen LogP contribution in [0, 0.1) is 5.92 Å². The second-order valence-corrected chi connectivity index (χ2v) is 6.64. The molecule has 116 valence electrons. The Labute approximate surface area is 128 Å². The Morgan fingerprint density at radius 1 is 1.33 bits per heavy atom. The largest absolute Gasteiger partial charge is 0.370 e. The second-order valence-electron chi connectivity index (χ2n) is 6.64. The van der Waals surface area contributed by atoms with Crippen LogP contribution in [-0.2, 0) is 0 Å². The van der Waals surface area contributed by atoms with Crippen molar-refractivity contribution in [3.8, 4) is 0 Å². The van der Waals surface area contributed by atoms with E-state index in [1.54, 1.807) is 0 Å². The van der Waals surface area contributed by atoms with Crippen molar-refractivity contribution in [3.63, 3.8) is 0 Å². The predicted octanol–water partition coefficient (Wildman–Crippen LogP) is 2.41. The fourth-order valence-corrected chi connectivity index (χ4v) is 3.90. The molecular weight excluding hydrogens is 260 g/mol. The molecule has 1 aromatic rings. The molecule has 0 spiro atoms. The zero-order valence-electron chi connectivity index (χ0n) is 13.3. The zero-order valence-corrected chi connectivity index (χ0v) is 13.3. The summed E-state index contributed by atoms with van der Waals surface area (Å²) in [6, 6.07) is 5.15. The van der Waals surface area contributed by atoms with Gasteiger partial charge in [0.15, 0.2) is 0 Å². The summed E-state index contributed by atoms with van der Waals surface area (Å²) in [6.07, 6.45) is 6.94. The highest BCUT2D eigenvalue weighted by Gasteiger charge is 2.34. The number of fused-ring (bicyclic) bond motifs is 1. The minimum atomic E-state index is 0.0665. The summed E-state index contributed by atoms with van der Waals surface area (Å²) in [7, 11) is 2.29. The van der Waals surface area contributed by atoms with Crippen LogP contribution in [-0.4, -0.2) is 42.6 Å². The molecule has 0 amide bonds. The van der Waals surface area contributed by atoms with Crippen LogP contribution in [0.25, 0.3) is 0 Å². The standard InChI is InChI=1S/C17H28N4/c1-3-15(18)16-7-6-14(11-19-16)21-10-8-17-13(12-21)5-4-9-20(17)2/h6-7,11,13,15,17H,3-5,8-10,12,18H2,1-2H3/t13?,15-,17?/m1/s1. The second kappa shape index (κ2) is 6.32. The van der Waals surface area contributed by atoms with Gasteiger partial charge in [-0.15, -0.1) is 0 Å². The lowest BCUT2D eigenvalue weighted by atomic mass is 9.84. The molecule has 3 atom stereocenters. The van der Waals surface area contributed by atoms with Gasteiger partial charge < -0.3 is 15.5 Å². The van der Waals surface area contributed by atoms with Gasteiger partial charge in [-0.25, -0.2) is 0 Å². The van der Waals surface area contributed by atoms with Crippen molar-refractivity contribution in [1.29, 1.82) is 0 Å². The van der Waals surface area contributed by atoms with E-state index >= 15 is 0 Å². The molecule has 2 N–H and O–H groups in total. The average molecular weight is 288 g/mol. The van der Waals surface area contributed by atoms with Crippen LogP contribution in [0.3, 0.4) is 0 Å². The molecule has 0 radical (unpaired) electrons. The van der Waals surface area contributed by atoms with Crippen LogP contribution in [0.2, 0.25) is 0 Å². The normalized spacial score (nSPS) is 28.2. The molecule has 2 aliphatic heterocycles. The van der Waals surface area contributed by atoms with Crippen molar-refractivity contribution in [2.75, 3.05) is 31.6 Å². The summed E-state index contributed by atoms with van der Waals surface area (Å²) in [5.74, 6) is 0.815. The maximum absolute atomic E-state index is 6.04. The first-order valence-corrected chi connectivity index (χ1v) is 8.35. The van der Waals surface area contributed by atoms with Gasteiger partial charge in [-0.2, -0.15) is 0 Å². The molecule has 0 aromatic carbocycles. The molecule has 4 heteroatoms. The molecule has 0 bridgehead atoms. The smallest absolute Gasteiger partial charge is 0.0572 e. The van der Waals surface area contributed by atoms with Gasteiger partial charge in [-0.1, -0.05) is 6.92 Å². The summed E-state index contributed by atoms with van der Waals surface area (Å²) >= 11 is 0. The van der Waals surface area contributed by atoms with Crippen molar-refractivity contribution in [1.82, 2.24) is 9.88 Å². The zero-order chi connectivity index (χ0) is 14.8. The Kier molecular flexibility index (Phi) is 4.45. The van der Waals surface area contributed by atoms with E-state index < -0.39 is 0 Å². The van der Waals surface area contributed by atoms with E-state index in [0.29, 0.717) is 0 Å². The Morgan fingerprint density at radius 2 is 2.19 bits per heavy atom. The van der Waals surface area contributed by atoms with Gasteiger partial charge in [0, 0.05) is 25.2 Å². The molecule has 2 saturated heterocycles. The maximum Gasteiger partial charge on any atom is 0.0572 e. The van der Waals surface area contributed by atoms with E-state index in [0.717, 1.165) is 30.6 Å². The lowest BCUT2D eigenvalue weighted by molar-refractivity contribution is 0.102. The minimum Gasteiger partial charge on any atom is -0.370 e. The van der Waals surface area contributed by atoms with E-state index in [1.807, 2.05) is 6.20 Å². The molecule has 0 aliphatic carbocycles. The van der Waals surface area contributed by atoms with Crippen LogP contribution in [0.4, 0.5) is 5.69 Å². The van der Waals surface area contributed by atoms with Crippen LogP contribution in [0.5, 0.6) is 0 Å². The molecule has 0 saturated carbocycles. The average Bonchev–Trinajstić information content (AvgIpc) is 2.54. The van der Waals surface area contributed by atoms with Crippen LogP contribution in [0.15, 0.2) is 18.3 Å². The van der Waals surface area contributed by atoms with Crippen LogP contribution in [0.1, 0.15) is 44.3 Å². The summed E-state index contributed by atoms with van der Waals surface area (Å²) in [6.45, 7) is 5.69. The number of rotatable bonds is 3. The Balaban J connectivity index is 1.68. The Morgan fingerprint density at radius 3 is 2.90 bits per heavy atom. The lowest BCUT2D eigenvalue weighted by Gasteiger charge is -2.46. The van der Waals surface area contributed by atoms with Gasteiger partial charge >= 0.3 is 0 Å². The first-order chi connectivity index (χ1) is 10.2. The van der Waals surface area contributed by atoms with Gasteiger partial charge in [0.1, 0.15) is 0 Å². The van der Waals surface area contributed by atoms with Crippen molar-refractivity contribution in [2.45, 2.75) is 44.7 Å².